The van der Waals surface area contributed by atoms with E-state index in [1.807, 2.05) is 0 Å². The van der Waals surface area contributed by atoms with Crippen LogP contribution in [0.3, 0.4) is 0 Å². The van der Waals surface area contributed by atoms with Crippen LogP contribution in [0.25, 0.3) is 0 Å². The molecule has 2 heteroatoms. The Hall–Kier alpha value is -0.0800. The monoisotopic (exact) mass is 336 g/mol. The van der Waals surface area contributed by atoms with Crippen molar-refractivity contribution in [3.8, 4) is 0 Å². The minimum atomic E-state index is 0.703. The van der Waals surface area contributed by atoms with Crippen LogP contribution in [-0.4, -0.2) is 50.1 Å². The minimum absolute atomic E-state index is 0.703. The summed E-state index contributed by atoms with van der Waals surface area (Å²) in [5, 5.41) is 0. The zero-order valence-corrected chi connectivity index (χ0v) is 17.2. The third-order valence-corrected chi connectivity index (χ3v) is 7.03. The molecular weight excluding hydrogens is 292 g/mol. The van der Waals surface area contributed by atoms with E-state index < -0.39 is 0 Å². The molecule has 0 bridgehead atoms. The molecule has 2 rings (SSSR count). The Labute approximate surface area is 152 Å². The van der Waals surface area contributed by atoms with Gasteiger partial charge in [0.05, 0.1) is 0 Å². The lowest BCUT2D eigenvalue weighted by Crippen LogP contribution is -2.36. The van der Waals surface area contributed by atoms with Crippen molar-refractivity contribution in [3.05, 3.63) is 0 Å². The van der Waals surface area contributed by atoms with Gasteiger partial charge in [0.15, 0.2) is 0 Å². The number of nitrogens with zero attached hydrogens (tertiary/aromatic N) is 2. The number of rotatable bonds is 10. The van der Waals surface area contributed by atoms with E-state index in [9.17, 15) is 0 Å². The summed E-state index contributed by atoms with van der Waals surface area (Å²) in [6.07, 6.45) is 17.4. The molecule has 24 heavy (non-hydrogen) atoms. The lowest BCUT2D eigenvalue weighted by Gasteiger charge is -2.45. The maximum Gasteiger partial charge on any atom is 0.00385 e. The van der Waals surface area contributed by atoms with Gasteiger partial charge in [0, 0.05) is 6.54 Å². The van der Waals surface area contributed by atoms with Gasteiger partial charge in [0.2, 0.25) is 0 Å². The molecule has 1 saturated carbocycles. The molecule has 1 spiro atoms. The van der Waals surface area contributed by atoms with Crippen LogP contribution in [0, 0.1) is 10.8 Å². The molecule has 0 aromatic heterocycles. The van der Waals surface area contributed by atoms with Gasteiger partial charge < -0.3 is 9.80 Å². The molecule has 0 amide bonds. The fourth-order valence-electron chi connectivity index (χ4n) is 5.56. The molecule has 1 heterocycles. The first kappa shape index (κ1) is 20.2. The summed E-state index contributed by atoms with van der Waals surface area (Å²) in [5.41, 5.74) is 1.42. The predicted octanol–water partition coefficient (Wildman–Crippen LogP) is 5.57. The van der Waals surface area contributed by atoms with Crippen molar-refractivity contribution in [3.63, 3.8) is 0 Å². The Morgan fingerprint density at radius 2 is 1.50 bits per heavy atom. The summed E-state index contributed by atoms with van der Waals surface area (Å²) in [6.45, 7) is 10.2. The second-order valence-corrected chi connectivity index (χ2v) is 9.39. The normalized spacial score (nSPS) is 23.4. The zero-order chi connectivity index (χ0) is 17.5. The number of unbranched alkanes of at least 4 members (excludes halogenated alkanes) is 2. The molecule has 0 unspecified atom stereocenters. The van der Waals surface area contributed by atoms with E-state index in [0.29, 0.717) is 10.8 Å². The van der Waals surface area contributed by atoms with Crippen molar-refractivity contribution >= 4 is 0 Å². The first-order chi connectivity index (χ1) is 11.5. The first-order valence-corrected chi connectivity index (χ1v) is 10.9. The Morgan fingerprint density at radius 3 is 2.08 bits per heavy atom. The largest absolute Gasteiger partial charge is 0.309 e. The predicted molar refractivity (Wildman–Crippen MR) is 107 cm³/mol. The molecule has 0 N–H and O–H groups in total. The van der Waals surface area contributed by atoms with Crippen LogP contribution in [0.4, 0.5) is 0 Å². The van der Waals surface area contributed by atoms with E-state index in [1.54, 1.807) is 0 Å². The highest BCUT2D eigenvalue weighted by molar-refractivity contribution is 4.97. The highest BCUT2D eigenvalue weighted by Crippen LogP contribution is 2.53. The molecule has 142 valence electrons. The maximum atomic E-state index is 2.79. The average molecular weight is 337 g/mol. The molecule has 1 aliphatic carbocycles. The second kappa shape index (κ2) is 9.57. The summed E-state index contributed by atoms with van der Waals surface area (Å²) in [6, 6.07) is 0. The van der Waals surface area contributed by atoms with Crippen molar-refractivity contribution < 1.29 is 0 Å². The van der Waals surface area contributed by atoms with Crippen LogP contribution < -0.4 is 0 Å². The van der Waals surface area contributed by atoms with Gasteiger partial charge in [-0.1, -0.05) is 33.1 Å². The lowest BCUT2D eigenvalue weighted by molar-refractivity contribution is 0.0646. The molecule has 0 aromatic carbocycles. The maximum absolute atomic E-state index is 2.79. The van der Waals surface area contributed by atoms with E-state index in [4.69, 9.17) is 0 Å². The van der Waals surface area contributed by atoms with Gasteiger partial charge in [-0.05, 0) is 102 Å². The van der Waals surface area contributed by atoms with Crippen LogP contribution in [0.15, 0.2) is 0 Å². The van der Waals surface area contributed by atoms with Gasteiger partial charge in [-0.25, -0.2) is 0 Å². The number of likely N-dealkylation sites (tertiary alicyclic amines) is 1. The second-order valence-electron chi connectivity index (χ2n) is 9.39. The van der Waals surface area contributed by atoms with Crippen LogP contribution in [0.2, 0.25) is 0 Å². The van der Waals surface area contributed by atoms with E-state index in [2.05, 4.69) is 37.7 Å². The van der Waals surface area contributed by atoms with Gasteiger partial charge in [-0.15, -0.1) is 0 Å². The van der Waals surface area contributed by atoms with Crippen molar-refractivity contribution in [2.75, 3.05) is 40.3 Å². The van der Waals surface area contributed by atoms with E-state index in [0.717, 1.165) is 0 Å². The van der Waals surface area contributed by atoms with Gasteiger partial charge in [-0.3, -0.25) is 0 Å². The molecule has 2 nitrogen and oxygen atoms in total. The zero-order valence-electron chi connectivity index (χ0n) is 17.2. The highest BCUT2D eigenvalue weighted by Gasteiger charge is 2.44. The molecule has 2 fully saturated rings. The third-order valence-electron chi connectivity index (χ3n) is 7.03. The molecular formula is C22H44N2. The van der Waals surface area contributed by atoms with E-state index >= 15 is 0 Å². The SMILES string of the molecule is CCCC1(CCC)CCC2(CCN(CCCCCN(C)C)C2)CC1. The van der Waals surface area contributed by atoms with Crippen molar-refractivity contribution in [1.29, 1.82) is 0 Å². The first-order valence-electron chi connectivity index (χ1n) is 10.9. The van der Waals surface area contributed by atoms with E-state index in [-0.39, 0.29) is 0 Å². The Bertz CT molecular complexity index is 334. The Kier molecular flexibility index (Phi) is 8.07. The summed E-state index contributed by atoms with van der Waals surface area (Å²) in [5.74, 6) is 0. The van der Waals surface area contributed by atoms with Crippen LogP contribution in [0.1, 0.15) is 90.9 Å². The topological polar surface area (TPSA) is 6.48 Å². The third kappa shape index (κ3) is 5.73. The van der Waals surface area contributed by atoms with Crippen molar-refractivity contribution in [2.24, 2.45) is 10.8 Å². The van der Waals surface area contributed by atoms with Gasteiger partial charge in [0.1, 0.15) is 0 Å². The van der Waals surface area contributed by atoms with Crippen molar-refractivity contribution in [2.45, 2.75) is 90.9 Å². The quantitative estimate of drug-likeness (QED) is 0.481. The number of hydrogen-bond donors (Lipinski definition) is 0. The molecule has 0 aromatic rings. The molecule has 1 saturated heterocycles. The fraction of sp³-hybridized carbons (Fsp3) is 1.00. The van der Waals surface area contributed by atoms with E-state index in [1.165, 1.54) is 103 Å². The lowest BCUT2D eigenvalue weighted by atomic mass is 9.60. The van der Waals surface area contributed by atoms with Crippen molar-refractivity contribution in [1.82, 2.24) is 9.80 Å². The molecule has 0 radical (unpaired) electrons. The molecule has 0 atom stereocenters. The van der Waals surface area contributed by atoms with Crippen LogP contribution >= 0.6 is 0 Å². The molecule has 2 aliphatic rings. The summed E-state index contributed by atoms with van der Waals surface area (Å²) in [4.78, 5) is 5.11. The smallest absolute Gasteiger partial charge is 0.00385 e. The average Bonchev–Trinajstić information content (AvgIpc) is 2.94. The summed E-state index contributed by atoms with van der Waals surface area (Å²) in [7, 11) is 4.37. The molecule has 1 aliphatic heterocycles. The Balaban J connectivity index is 1.71. The standard InChI is InChI=1S/C22H44N2/c1-5-10-21(11-6-2)12-14-22(15-13-21)16-19-24(20-22)18-9-7-8-17-23(3)4/h5-20H2,1-4H3. The summed E-state index contributed by atoms with van der Waals surface area (Å²) >= 11 is 0. The summed E-state index contributed by atoms with van der Waals surface area (Å²) < 4.78 is 0. The van der Waals surface area contributed by atoms with Crippen LogP contribution in [-0.2, 0) is 0 Å². The van der Waals surface area contributed by atoms with Crippen LogP contribution in [0.5, 0.6) is 0 Å². The van der Waals surface area contributed by atoms with Gasteiger partial charge in [0.25, 0.3) is 0 Å². The number of hydrogen-bond acceptors (Lipinski definition) is 2. The Morgan fingerprint density at radius 1 is 0.833 bits per heavy atom. The van der Waals surface area contributed by atoms with Gasteiger partial charge in [-0.2, -0.15) is 0 Å². The fourth-order valence-corrected chi connectivity index (χ4v) is 5.56. The minimum Gasteiger partial charge on any atom is -0.309 e. The van der Waals surface area contributed by atoms with Gasteiger partial charge >= 0.3 is 0 Å². The highest BCUT2D eigenvalue weighted by atomic mass is 15.2.